The van der Waals surface area contributed by atoms with Gasteiger partial charge in [0.15, 0.2) is 0 Å². The second kappa shape index (κ2) is 9.21. The normalized spacial score (nSPS) is 10.6. The Balaban J connectivity index is 2.26. The Kier molecular flexibility index (Phi) is 6.99. The van der Waals surface area contributed by atoms with E-state index in [1.807, 2.05) is 11.0 Å². The number of amides is 1. The van der Waals surface area contributed by atoms with Gasteiger partial charge < -0.3 is 10.2 Å². The monoisotopic (exact) mass is 339 g/mol. The fraction of sp³-hybridized carbons (Fsp3) is 0.429. The largest absolute Gasteiger partial charge is 0.354 e. The van der Waals surface area contributed by atoms with Gasteiger partial charge in [-0.3, -0.25) is 9.78 Å². The number of rotatable bonds is 8. The molecule has 0 unspecified atom stereocenters. The van der Waals surface area contributed by atoms with Gasteiger partial charge in [0, 0.05) is 25.0 Å². The highest BCUT2D eigenvalue weighted by Crippen LogP contribution is 2.25. The number of carbonyl (C=O) groups is 1. The van der Waals surface area contributed by atoms with Gasteiger partial charge in [0.05, 0.1) is 17.4 Å². The van der Waals surface area contributed by atoms with Gasteiger partial charge in [-0.15, -0.1) is 0 Å². The summed E-state index contributed by atoms with van der Waals surface area (Å²) < 4.78 is 0. The molecular formula is C21H29N3O. The van der Waals surface area contributed by atoms with Crippen molar-refractivity contribution in [1.29, 1.82) is 0 Å². The number of hydrogen-bond donors (Lipinski definition) is 1. The fourth-order valence-electron chi connectivity index (χ4n) is 3.01. The van der Waals surface area contributed by atoms with Crippen LogP contribution in [0.5, 0.6) is 0 Å². The van der Waals surface area contributed by atoms with E-state index in [-0.39, 0.29) is 5.91 Å². The zero-order chi connectivity index (χ0) is 18.2. The smallest absolute Gasteiger partial charge is 0.255 e. The molecule has 0 bridgehead atoms. The van der Waals surface area contributed by atoms with Gasteiger partial charge in [-0.1, -0.05) is 39.0 Å². The quantitative estimate of drug-likeness (QED) is 0.739. The number of carbonyl (C=O) groups excluding carboxylic acids is 1. The second-order valence-electron chi connectivity index (χ2n) is 6.34. The third-order valence-electron chi connectivity index (χ3n) is 4.27. The fourth-order valence-corrected chi connectivity index (χ4v) is 3.01. The average molecular weight is 339 g/mol. The maximum atomic E-state index is 12.8. The van der Waals surface area contributed by atoms with E-state index >= 15 is 0 Å². The summed E-state index contributed by atoms with van der Waals surface area (Å²) in [6, 6.07) is 8.20. The van der Waals surface area contributed by atoms with Crippen LogP contribution in [0.15, 0.2) is 36.7 Å². The molecule has 0 aliphatic rings. The zero-order valence-electron chi connectivity index (χ0n) is 15.8. The number of nitrogens with one attached hydrogen (secondary N) is 1. The van der Waals surface area contributed by atoms with Gasteiger partial charge in [-0.2, -0.15) is 0 Å². The summed E-state index contributed by atoms with van der Waals surface area (Å²) >= 11 is 0. The Morgan fingerprint density at radius 2 is 1.84 bits per heavy atom. The second-order valence-corrected chi connectivity index (χ2v) is 6.34. The Hall–Kier alpha value is -2.36. The highest BCUT2D eigenvalue weighted by atomic mass is 16.2. The SMILES string of the molecule is CCCN(CCC)C(=O)c1cncc(Nc2c(C)cccc2CC)c1. The van der Waals surface area contributed by atoms with Crippen molar-refractivity contribution in [2.45, 2.75) is 47.0 Å². The van der Waals surface area contributed by atoms with Crippen LogP contribution in [-0.4, -0.2) is 28.9 Å². The maximum absolute atomic E-state index is 12.8. The van der Waals surface area contributed by atoms with Crippen molar-refractivity contribution in [2.75, 3.05) is 18.4 Å². The molecule has 134 valence electrons. The first kappa shape index (κ1) is 19.0. The molecular weight excluding hydrogens is 310 g/mol. The number of aromatic nitrogens is 1. The van der Waals surface area contributed by atoms with Crippen LogP contribution in [0.2, 0.25) is 0 Å². The molecule has 0 radical (unpaired) electrons. The van der Waals surface area contributed by atoms with Gasteiger partial charge in [0.1, 0.15) is 0 Å². The van der Waals surface area contributed by atoms with Gasteiger partial charge >= 0.3 is 0 Å². The number of para-hydroxylation sites is 1. The molecule has 1 aromatic heterocycles. The van der Waals surface area contributed by atoms with E-state index in [0.29, 0.717) is 5.56 Å². The molecule has 1 heterocycles. The Bertz CT molecular complexity index is 706. The lowest BCUT2D eigenvalue weighted by molar-refractivity contribution is 0.0755. The molecule has 0 saturated heterocycles. The number of nitrogens with zero attached hydrogens (tertiary/aromatic N) is 2. The first-order chi connectivity index (χ1) is 12.1. The standard InChI is InChI=1S/C21H29N3O/c1-5-11-24(12-6-2)21(25)18-13-19(15-22-14-18)23-20-16(4)9-8-10-17(20)7-3/h8-10,13-15,23H,5-7,11-12H2,1-4H3. The molecule has 1 N–H and O–H groups in total. The molecule has 0 saturated carbocycles. The first-order valence-corrected chi connectivity index (χ1v) is 9.20. The molecule has 4 nitrogen and oxygen atoms in total. The van der Waals surface area contributed by atoms with Crippen LogP contribution in [0.25, 0.3) is 0 Å². The lowest BCUT2D eigenvalue weighted by Crippen LogP contribution is -2.32. The van der Waals surface area contributed by atoms with Crippen molar-refractivity contribution < 1.29 is 4.79 Å². The first-order valence-electron chi connectivity index (χ1n) is 9.20. The minimum absolute atomic E-state index is 0.0559. The molecule has 25 heavy (non-hydrogen) atoms. The predicted molar refractivity (Wildman–Crippen MR) is 105 cm³/mol. The van der Waals surface area contributed by atoms with E-state index < -0.39 is 0 Å². The highest BCUT2D eigenvalue weighted by molar-refractivity contribution is 5.95. The van der Waals surface area contributed by atoms with E-state index in [1.165, 1.54) is 11.1 Å². The molecule has 2 rings (SSSR count). The number of hydrogen-bond acceptors (Lipinski definition) is 3. The lowest BCUT2D eigenvalue weighted by Gasteiger charge is -2.21. The molecule has 4 heteroatoms. The van der Waals surface area contributed by atoms with Crippen molar-refractivity contribution >= 4 is 17.3 Å². The van der Waals surface area contributed by atoms with Gasteiger partial charge in [0.2, 0.25) is 0 Å². The topological polar surface area (TPSA) is 45.2 Å². The van der Waals surface area contributed by atoms with Crippen molar-refractivity contribution in [3.05, 3.63) is 53.3 Å². The van der Waals surface area contributed by atoms with Crippen LogP contribution in [0.1, 0.15) is 55.1 Å². The minimum Gasteiger partial charge on any atom is -0.354 e. The summed E-state index contributed by atoms with van der Waals surface area (Å²) in [6.45, 7) is 9.98. The summed E-state index contributed by atoms with van der Waals surface area (Å²) in [7, 11) is 0. The lowest BCUT2D eigenvalue weighted by atomic mass is 10.1. The average Bonchev–Trinajstić information content (AvgIpc) is 2.63. The van der Waals surface area contributed by atoms with E-state index in [0.717, 1.165) is 43.7 Å². The molecule has 2 aromatic rings. The molecule has 0 atom stereocenters. The molecule has 1 amide bonds. The van der Waals surface area contributed by atoms with Crippen LogP contribution < -0.4 is 5.32 Å². The Labute approximate surface area is 151 Å². The number of benzene rings is 1. The third-order valence-corrected chi connectivity index (χ3v) is 4.27. The Morgan fingerprint density at radius 1 is 1.12 bits per heavy atom. The van der Waals surface area contributed by atoms with Crippen LogP contribution >= 0.6 is 0 Å². The van der Waals surface area contributed by atoms with Crippen LogP contribution in [-0.2, 0) is 6.42 Å². The number of pyridine rings is 1. The molecule has 0 fully saturated rings. The summed E-state index contributed by atoms with van der Waals surface area (Å²) in [6.07, 6.45) is 6.30. The highest BCUT2D eigenvalue weighted by Gasteiger charge is 2.15. The molecule has 0 aliphatic heterocycles. The molecule has 0 aliphatic carbocycles. The predicted octanol–water partition coefficient (Wildman–Crippen LogP) is 4.96. The summed E-state index contributed by atoms with van der Waals surface area (Å²) in [4.78, 5) is 19.0. The van der Waals surface area contributed by atoms with Crippen LogP contribution in [0, 0.1) is 6.92 Å². The summed E-state index contributed by atoms with van der Waals surface area (Å²) in [5.41, 5.74) is 5.04. The zero-order valence-corrected chi connectivity index (χ0v) is 15.8. The van der Waals surface area contributed by atoms with Crippen LogP contribution in [0.3, 0.4) is 0 Å². The summed E-state index contributed by atoms with van der Waals surface area (Å²) in [5, 5.41) is 3.46. The van der Waals surface area contributed by atoms with Crippen LogP contribution in [0.4, 0.5) is 11.4 Å². The van der Waals surface area contributed by atoms with Gasteiger partial charge in [-0.25, -0.2) is 0 Å². The van der Waals surface area contributed by atoms with Gasteiger partial charge in [0.25, 0.3) is 5.91 Å². The van der Waals surface area contributed by atoms with E-state index in [9.17, 15) is 4.79 Å². The van der Waals surface area contributed by atoms with Crippen molar-refractivity contribution in [2.24, 2.45) is 0 Å². The minimum atomic E-state index is 0.0559. The van der Waals surface area contributed by atoms with Crippen molar-refractivity contribution in [3.8, 4) is 0 Å². The Morgan fingerprint density at radius 3 is 2.48 bits per heavy atom. The van der Waals surface area contributed by atoms with Gasteiger partial charge in [-0.05, 0) is 43.4 Å². The summed E-state index contributed by atoms with van der Waals surface area (Å²) in [5.74, 6) is 0.0559. The molecule has 1 aromatic carbocycles. The third kappa shape index (κ3) is 4.81. The van der Waals surface area contributed by atoms with Crippen molar-refractivity contribution in [3.63, 3.8) is 0 Å². The number of anilines is 2. The maximum Gasteiger partial charge on any atom is 0.255 e. The van der Waals surface area contributed by atoms with E-state index in [2.05, 4.69) is 56.2 Å². The van der Waals surface area contributed by atoms with E-state index in [4.69, 9.17) is 0 Å². The van der Waals surface area contributed by atoms with E-state index in [1.54, 1.807) is 12.4 Å². The van der Waals surface area contributed by atoms with Crippen molar-refractivity contribution in [1.82, 2.24) is 9.88 Å². The molecule has 0 spiro atoms. The number of aryl methyl sites for hydroxylation is 2.